The van der Waals surface area contributed by atoms with Crippen molar-refractivity contribution < 1.29 is 15.3 Å². The van der Waals surface area contributed by atoms with Crippen LogP contribution in [0.4, 0.5) is 0 Å². The normalized spacial score (nSPS) is 16.0. The largest absolute Gasteiger partial charge is 0.508 e. The molecule has 0 aliphatic carbocycles. The summed E-state index contributed by atoms with van der Waals surface area (Å²) in [6.07, 6.45) is -0.184. The van der Waals surface area contributed by atoms with Gasteiger partial charge in [-0.15, -0.1) is 0 Å². The third-order valence-electron chi connectivity index (χ3n) is 6.27. The van der Waals surface area contributed by atoms with Crippen molar-refractivity contribution in [3.8, 4) is 17.2 Å². The molecule has 0 amide bonds. The molecule has 3 aromatic rings. The summed E-state index contributed by atoms with van der Waals surface area (Å²) in [7, 11) is 0. The average Bonchev–Trinajstić information content (AvgIpc) is 3.13. The predicted molar refractivity (Wildman–Crippen MR) is 127 cm³/mol. The van der Waals surface area contributed by atoms with E-state index < -0.39 is 0 Å². The Balaban J connectivity index is 1.73. The quantitative estimate of drug-likeness (QED) is 0.522. The van der Waals surface area contributed by atoms with Gasteiger partial charge in [-0.1, -0.05) is 63.2 Å². The van der Waals surface area contributed by atoms with Crippen LogP contribution in [-0.4, -0.2) is 38.2 Å². The summed E-state index contributed by atoms with van der Waals surface area (Å²) in [4.78, 5) is 4.55. The fourth-order valence-electron chi connectivity index (χ4n) is 4.41. The second kappa shape index (κ2) is 8.85. The number of phenolic OH excluding ortho intramolecular Hbond substituents is 3. The lowest BCUT2D eigenvalue weighted by molar-refractivity contribution is 0.121. The highest BCUT2D eigenvalue weighted by Gasteiger charge is 2.36. The summed E-state index contributed by atoms with van der Waals surface area (Å²) in [5.74, 6) is 0.811. The summed E-state index contributed by atoms with van der Waals surface area (Å²) < 4.78 is 0. The summed E-state index contributed by atoms with van der Waals surface area (Å²) in [5.41, 5.74) is 3.66. The zero-order valence-corrected chi connectivity index (χ0v) is 19.0. The molecule has 0 unspecified atom stereocenters. The third kappa shape index (κ3) is 4.59. The van der Waals surface area contributed by atoms with Gasteiger partial charge in [0.1, 0.15) is 17.2 Å². The minimum Gasteiger partial charge on any atom is -0.508 e. The van der Waals surface area contributed by atoms with Crippen LogP contribution in [0.1, 0.15) is 49.2 Å². The second-order valence-electron chi connectivity index (χ2n) is 9.60. The van der Waals surface area contributed by atoms with Crippen molar-refractivity contribution in [3.63, 3.8) is 0 Å². The Morgan fingerprint density at radius 2 is 1.22 bits per heavy atom. The second-order valence-corrected chi connectivity index (χ2v) is 9.60. The van der Waals surface area contributed by atoms with Crippen molar-refractivity contribution in [2.45, 2.75) is 45.4 Å². The predicted octanol–water partition coefficient (Wildman–Crippen LogP) is 5.12. The molecular formula is C27H32N2O3. The molecule has 0 atom stereocenters. The molecule has 168 valence electrons. The van der Waals surface area contributed by atoms with Crippen LogP contribution in [0.2, 0.25) is 0 Å². The average molecular weight is 433 g/mol. The lowest BCUT2D eigenvalue weighted by atomic mass is 9.85. The van der Waals surface area contributed by atoms with Crippen LogP contribution >= 0.6 is 0 Å². The number of hydrogen-bond acceptors (Lipinski definition) is 5. The highest BCUT2D eigenvalue weighted by atomic mass is 16.3. The fraction of sp³-hybridized carbons (Fsp3) is 0.333. The summed E-state index contributed by atoms with van der Waals surface area (Å²) >= 11 is 0. The Labute approximate surface area is 190 Å². The van der Waals surface area contributed by atoms with Gasteiger partial charge < -0.3 is 15.3 Å². The van der Waals surface area contributed by atoms with Gasteiger partial charge in [-0.05, 0) is 35.2 Å². The molecular weight excluding hydrogens is 400 g/mol. The molecule has 3 N–H and O–H groups in total. The van der Waals surface area contributed by atoms with E-state index in [1.54, 1.807) is 18.2 Å². The van der Waals surface area contributed by atoms with E-state index in [4.69, 9.17) is 0 Å². The van der Waals surface area contributed by atoms with Crippen molar-refractivity contribution >= 4 is 0 Å². The Bertz CT molecular complexity index is 1030. The topological polar surface area (TPSA) is 67.2 Å². The van der Waals surface area contributed by atoms with E-state index in [1.165, 1.54) is 0 Å². The molecule has 0 spiro atoms. The molecule has 0 radical (unpaired) electrons. The molecule has 1 heterocycles. The minimum absolute atomic E-state index is 0.0495. The Morgan fingerprint density at radius 3 is 1.69 bits per heavy atom. The van der Waals surface area contributed by atoms with Crippen molar-refractivity contribution in [1.29, 1.82) is 0 Å². The molecule has 5 heteroatoms. The van der Waals surface area contributed by atoms with Crippen LogP contribution < -0.4 is 0 Å². The highest BCUT2D eigenvalue weighted by molar-refractivity contribution is 5.42. The number of benzene rings is 3. The molecule has 1 fully saturated rings. The van der Waals surface area contributed by atoms with Crippen LogP contribution in [0.15, 0.2) is 66.7 Å². The van der Waals surface area contributed by atoms with Crippen molar-refractivity contribution in [2.75, 3.05) is 13.1 Å². The third-order valence-corrected chi connectivity index (χ3v) is 6.27. The summed E-state index contributed by atoms with van der Waals surface area (Å²) in [6, 6.07) is 20.6. The molecule has 32 heavy (non-hydrogen) atoms. The highest BCUT2D eigenvalue weighted by Crippen LogP contribution is 2.40. The van der Waals surface area contributed by atoms with Gasteiger partial charge in [-0.2, -0.15) is 0 Å². The van der Waals surface area contributed by atoms with Crippen LogP contribution in [0, 0.1) is 0 Å². The van der Waals surface area contributed by atoms with Crippen LogP contribution in [0.25, 0.3) is 0 Å². The van der Waals surface area contributed by atoms with E-state index in [0.29, 0.717) is 13.1 Å². The fourth-order valence-corrected chi connectivity index (χ4v) is 4.41. The lowest BCUT2D eigenvalue weighted by Gasteiger charge is -2.32. The van der Waals surface area contributed by atoms with Crippen molar-refractivity contribution in [1.82, 2.24) is 9.80 Å². The zero-order valence-electron chi connectivity index (χ0n) is 19.0. The van der Waals surface area contributed by atoms with E-state index in [9.17, 15) is 15.3 Å². The van der Waals surface area contributed by atoms with Crippen molar-refractivity contribution in [3.05, 3.63) is 89.0 Å². The zero-order chi connectivity index (χ0) is 22.9. The molecule has 4 rings (SSSR count). The van der Waals surface area contributed by atoms with Gasteiger partial charge in [0.05, 0.1) is 6.17 Å². The minimum atomic E-state index is -0.184. The molecule has 0 bridgehead atoms. The standard InChI is InChI=1S/C27H32N2O3/c1-27(2,3)21-12-13-25(32)22(16-21)26-28(17-19-8-4-6-10-23(19)30)14-15-29(26)18-20-9-5-7-11-24(20)31/h4-13,16,26,30-32H,14-15,17-18H2,1-3H3. The van der Waals surface area contributed by atoms with Gasteiger partial charge in [0.25, 0.3) is 0 Å². The van der Waals surface area contributed by atoms with Gasteiger partial charge >= 0.3 is 0 Å². The molecule has 1 saturated heterocycles. The molecule has 3 aromatic carbocycles. The van der Waals surface area contributed by atoms with Gasteiger partial charge in [0, 0.05) is 42.9 Å². The van der Waals surface area contributed by atoms with Gasteiger partial charge in [0.15, 0.2) is 0 Å². The molecule has 5 nitrogen and oxygen atoms in total. The maximum Gasteiger partial charge on any atom is 0.121 e. The number of nitrogens with zero attached hydrogens (tertiary/aromatic N) is 2. The van der Waals surface area contributed by atoms with Gasteiger partial charge in [-0.3, -0.25) is 9.80 Å². The molecule has 0 aromatic heterocycles. The molecule has 1 aliphatic rings. The molecule has 1 aliphatic heterocycles. The van der Waals surface area contributed by atoms with Gasteiger partial charge in [0.2, 0.25) is 0 Å². The Morgan fingerprint density at radius 1 is 0.719 bits per heavy atom. The van der Waals surface area contributed by atoms with E-state index in [-0.39, 0.29) is 28.8 Å². The number of phenols is 3. The van der Waals surface area contributed by atoms with Crippen molar-refractivity contribution in [2.24, 2.45) is 0 Å². The Hall–Kier alpha value is -3.02. The molecule has 0 saturated carbocycles. The number of hydrogen-bond donors (Lipinski definition) is 3. The first-order chi connectivity index (χ1) is 15.2. The van der Waals surface area contributed by atoms with E-state index in [0.717, 1.165) is 35.3 Å². The van der Waals surface area contributed by atoms with Crippen LogP contribution in [0.5, 0.6) is 17.2 Å². The van der Waals surface area contributed by atoms with E-state index in [1.807, 2.05) is 42.5 Å². The lowest BCUT2D eigenvalue weighted by Crippen LogP contribution is -2.31. The van der Waals surface area contributed by atoms with Gasteiger partial charge in [-0.25, -0.2) is 0 Å². The first kappa shape index (κ1) is 22.2. The smallest absolute Gasteiger partial charge is 0.121 e. The monoisotopic (exact) mass is 432 g/mol. The maximum atomic E-state index is 10.9. The summed E-state index contributed by atoms with van der Waals surface area (Å²) in [5, 5.41) is 31.6. The first-order valence-corrected chi connectivity index (χ1v) is 11.1. The Kier molecular flexibility index (Phi) is 6.13. The van der Waals surface area contributed by atoms with Crippen LogP contribution in [-0.2, 0) is 18.5 Å². The maximum absolute atomic E-state index is 10.9. The van der Waals surface area contributed by atoms with E-state index in [2.05, 4.69) is 36.6 Å². The SMILES string of the molecule is CC(C)(C)c1ccc(O)c(C2N(Cc3ccccc3O)CCN2Cc2ccccc2O)c1. The summed E-state index contributed by atoms with van der Waals surface area (Å²) in [6.45, 7) is 9.19. The number of rotatable bonds is 5. The van der Waals surface area contributed by atoms with E-state index >= 15 is 0 Å². The first-order valence-electron chi connectivity index (χ1n) is 11.1. The number of para-hydroxylation sites is 2. The number of aromatic hydroxyl groups is 3. The van der Waals surface area contributed by atoms with Crippen LogP contribution in [0.3, 0.4) is 0 Å².